The smallest absolute Gasteiger partial charge is 0.324 e. The van der Waals surface area contributed by atoms with Crippen LogP contribution in [-0.4, -0.2) is 119 Å². The standard InChI is InChI=1S/C48H62N8O7/c1-8-54-39-16-15-32-23-36(39)37(42(54)35-13-10-9-12-31(35)17-19-62-7)25-47(4,5)28-63-44(60)38-14-11-18-56(52-38)45(61)48(24-30-20-33(32)22-34(57)21-30)27-55(48)43(59)41(29(2)3)53(6)40(58)26-51-46(49)50/h9-10,12-13,15-16,20-23,29,38,41,52,57H,8,11,14,17-19,24-28H2,1-7H3,(H4,49,50,51)/t38-,41-,48-,55?/m0/s1. The van der Waals surface area contributed by atoms with E-state index < -0.39 is 40.8 Å². The number of nitrogens with zero attached hydrogens (tertiary/aromatic N) is 5. The summed E-state index contributed by atoms with van der Waals surface area (Å²) in [5, 5.41) is 13.8. The summed E-state index contributed by atoms with van der Waals surface area (Å²) in [6.07, 6.45) is 2.39. The lowest BCUT2D eigenvalue weighted by atomic mass is 9.83. The largest absolute Gasteiger partial charge is 0.508 e. The SMILES string of the molecule is CCn1c(-c2ccccc2CCOC)c2c3cc(ccc31)-c1cc(O)cc(c1)C[C@]1(CN1C(=O)[C@H](C(C)C)N(C)C(=O)CN=C(N)N)C(=O)N1CCC[C@H](N1)C(=O)OCC(C)(C)C2. The summed E-state index contributed by atoms with van der Waals surface area (Å²) < 4.78 is 14.0. The van der Waals surface area contributed by atoms with Crippen LogP contribution in [0.1, 0.15) is 64.2 Å². The molecule has 6 bridgehead atoms. The number of hydrazine groups is 1. The summed E-state index contributed by atoms with van der Waals surface area (Å²) in [5.41, 5.74) is 20.1. The molecule has 0 saturated carbocycles. The number of fused-ring (bicyclic) bond motifs is 6. The summed E-state index contributed by atoms with van der Waals surface area (Å²) in [6, 6.07) is 18.4. The molecule has 3 aliphatic rings. The fourth-order valence-corrected chi connectivity index (χ4v) is 9.54. The van der Waals surface area contributed by atoms with E-state index in [0.717, 1.165) is 45.3 Å². The van der Waals surface area contributed by atoms with Crippen molar-refractivity contribution >= 4 is 40.6 Å². The van der Waals surface area contributed by atoms with E-state index in [1.54, 1.807) is 19.2 Å². The van der Waals surface area contributed by atoms with Gasteiger partial charge < -0.3 is 40.4 Å². The van der Waals surface area contributed by atoms with Crippen molar-refractivity contribution in [2.75, 3.05) is 47.0 Å². The van der Waals surface area contributed by atoms with Crippen molar-refractivity contribution in [3.05, 3.63) is 77.4 Å². The molecule has 1 aromatic heterocycles. The number of aromatic hydroxyl groups is 1. The van der Waals surface area contributed by atoms with E-state index in [1.807, 2.05) is 19.9 Å². The second-order valence-corrected chi connectivity index (χ2v) is 18.4. The lowest BCUT2D eigenvalue weighted by molar-refractivity contribution is -0.156. The fourth-order valence-electron chi connectivity index (χ4n) is 9.54. The Labute approximate surface area is 369 Å². The van der Waals surface area contributed by atoms with Crippen molar-refractivity contribution in [3.8, 4) is 28.1 Å². The highest BCUT2D eigenvalue weighted by molar-refractivity contribution is 6.00. The van der Waals surface area contributed by atoms with Crippen molar-refractivity contribution in [2.45, 2.75) is 90.9 Å². The number of methoxy groups -OCH3 is 1. The molecule has 63 heavy (non-hydrogen) atoms. The molecule has 2 saturated heterocycles. The van der Waals surface area contributed by atoms with E-state index in [2.05, 4.69) is 78.2 Å². The van der Waals surface area contributed by atoms with Crippen LogP contribution >= 0.6 is 0 Å². The number of carbonyl (C=O) groups excluding carboxylic acids is 4. The van der Waals surface area contributed by atoms with E-state index in [-0.39, 0.29) is 49.7 Å². The number of ether oxygens (including phenoxy) is 2. The second kappa shape index (κ2) is 18.0. The van der Waals surface area contributed by atoms with E-state index in [1.165, 1.54) is 27.4 Å². The summed E-state index contributed by atoms with van der Waals surface area (Å²) in [6.45, 7) is 11.5. The zero-order chi connectivity index (χ0) is 45.4. The molecule has 7 rings (SSSR count). The fraction of sp³-hybridized carbons (Fsp3) is 0.479. The van der Waals surface area contributed by atoms with Crippen LogP contribution in [-0.2, 0) is 54.5 Å². The molecule has 3 atom stereocenters. The lowest BCUT2D eigenvalue weighted by Gasteiger charge is -2.36. The maximum Gasteiger partial charge on any atom is 0.324 e. The topological polar surface area (TPSA) is 198 Å². The normalized spacial score (nSPS) is 20.3. The number of phenolic OH excluding ortho intramolecular Hbond substituents is 1. The van der Waals surface area contributed by atoms with Crippen molar-refractivity contribution in [1.82, 2.24) is 24.8 Å². The first kappa shape index (κ1) is 45.1. The van der Waals surface area contributed by atoms with Gasteiger partial charge >= 0.3 is 5.97 Å². The molecule has 0 aliphatic carbocycles. The monoisotopic (exact) mass is 862 g/mol. The molecule has 3 aromatic carbocycles. The van der Waals surface area contributed by atoms with E-state index >= 15 is 0 Å². The van der Waals surface area contributed by atoms with Gasteiger partial charge in [-0.3, -0.25) is 24.2 Å². The van der Waals surface area contributed by atoms with Gasteiger partial charge in [0.25, 0.3) is 5.91 Å². The van der Waals surface area contributed by atoms with Crippen LogP contribution in [0.2, 0.25) is 0 Å². The van der Waals surface area contributed by atoms with Gasteiger partial charge in [-0.2, -0.15) is 0 Å². The highest BCUT2D eigenvalue weighted by Crippen LogP contribution is 2.44. The Balaban J connectivity index is 1.36. The molecule has 6 N–H and O–H groups in total. The predicted molar refractivity (Wildman–Crippen MR) is 242 cm³/mol. The molecule has 0 radical (unpaired) electrons. The third-order valence-corrected chi connectivity index (χ3v) is 12.7. The number of hydrogen-bond donors (Lipinski definition) is 4. The highest BCUT2D eigenvalue weighted by atomic mass is 16.5. The summed E-state index contributed by atoms with van der Waals surface area (Å²) >= 11 is 0. The minimum Gasteiger partial charge on any atom is -0.508 e. The van der Waals surface area contributed by atoms with Gasteiger partial charge in [-0.05, 0) is 90.6 Å². The molecule has 3 amide bonds. The van der Waals surface area contributed by atoms with Crippen LogP contribution in [0.5, 0.6) is 5.75 Å². The average molecular weight is 863 g/mol. The first-order valence-electron chi connectivity index (χ1n) is 21.9. The quantitative estimate of drug-likeness (QED) is 0.0768. The number of aryl methyl sites for hydroxylation is 1. The number of esters is 1. The number of guanidine groups is 1. The number of phenols is 1. The number of cyclic esters (lactones) is 1. The number of likely N-dealkylation sites (N-methyl/N-ethyl adjacent to an activating group) is 1. The predicted octanol–water partition coefficient (Wildman–Crippen LogP) is 4.39. The number of amides is 3. The molecule has 1 spiro atoms. The first-order chi connectivity index (χ1) is 30.0. The molecule has 3 aliphatic heterocycles. The Morgan fingerprint density at radius 2 is 1.83 bits per heavy atom. The van der Waals surface area contributed by atoms with E-state index in [9.17, 15) is 24.3 Å². The lowest BCUT2D eigenvalue weighted by Crippen LogP contribution is -2.60. The van der Waals surface area contributed by atoms with Gasteiger partial charge in [0.1, 0.15) is 29.9 Å². The van der Waals surface area contributed by atoms with Gasteiger partial charge in [-0.1, -0.05) is 64.1 Å². The van der Waals surface area contributed by atoms with Gasteiger partial charge in [-0.15, -0.1) is 0 Å². The third-order valence-electron chi connectivity index (χ3n) is 12.7. The van der Waals surface area contributed by atoms with Crippen LogP contribution in [0, 0.1) is 11.3 Å². The third kappa shape index (κ3) is 9.12. The van der Waals surface area contributed by atoms with Gasteiger partial charge in [0, 0.05) is 55.5 Å². The van der Waals surface area contributed by atoms with Crippen LogP contribution in [0.4, 0.5) is 0 Å². The number of carbonyl (C=O) groups is 4. The van der Waals surface area contributed by atoms with Crippen LogP contribution in [0.25, 0.3) is 33.3 Å². The Kier molecular flexibility index (Phi) is 12.9. The Bertz CT molecular complexity index is 2440. The van der Waals surface area contributed by atoms with E-state index in [0.29, 0.717) is 44.5 Å². The van der Waals surface area contributed by atoms with Crippen molar-refractivity contribution in [3.63, 3.8) is 0 Å². The molecule has 4 heterocycles. The molecule has 4 aromatic rings. The zero-order valence-electron chi connectivity index (χ0n) is 37.6. The van der Waals surface area contributed by atoms with Gasteiger partial charge in [0.05, 0.1) is 25.5 Å². The van der Waals surface area contributed by atoms with Gasteiger partial charge in [-0.25, -0.2) is 10.4 Å². The molecule has 336 valence electrons. The summed E-state index contributed by atoms with van der Waals surface area (Å²) in [5.74, 6) is -2.27. The minimum atomic E-state index is -1.38. The average Bonchev–Trinajstić information content (AvgIpc) is 3.90. The molecule has 2 fully saturated rings. The van der Waals surface area contributed by atoms with Crippen molar-refractivity contribution in [2.24, 2.45) is 27.8 Å². The van der Waals surface area contributed by atoms with E-state index in [4.69, 9.17) is 20.9 Å². The second-order valence-electron chi connectivity index (χ2n) is 18.4. The molecule has 15 nitrogen and oxygen atoms in total. The number of hydrogen-bond acceptors (Lipinski definition) is 9. The summed E-state index contributed by atoms with van der Waals surface area (Å²) in [7, 11) is 3.24. The molecular formula is C48H62N8O7. The zero-order valence-corrected chi connectivity index (χ0v) is 37.6. The number of nitrogens with two attached hydrogens (primary N) is 2. The molecule has 0 unspecified atom stereocenters. The van der Waals surface area contributed by atoms with Gasteiger partial charge in [0.15, 0.2) is 5.96 Å². The number of benzene rings is 3. The minimum absolute atomic E-state index is 0.0161. The van der Waals surface area contributed by atoms with Crippen LogP contribution in [0.3, 0.4) is 0 Å². The number of aromatic nitrogens is 1. The van der Waals surface area contributed by atoms with Gasteiger partial charge in [0.2, 0.25) is 11.8 Å². The number of nitrogens with one attached hydrogen (secondary N) is 1. The number of aliphatic imine (C=N–C) groups is 1. The number of rotatable bonds is 10. The Morgan fingerprint density at radius 3 is 2.54 bits per heavy atom. The highest BCUT2D eigenvalue weighted by Gasteiger charge is 2.63. The van der Waals surface area contributed by atoms with Crippen molar-refractivity contribution in [1.29, 1.82) is 0 Å². The summed E-state index contributed by atoms with van der Waals surface area (Å²) in [4.78, 5) is 63.4. The maximum atomic E-state index is 14.9. The molecular weight excluding hydrogens is 801 g/mol. The van der Waals surface area contributed by atoms with Crippen molar-refractivity contribution < 1.29 is 33.8 Å². The maximum absolute atomic E-state index is 14.9. The first-order valence-corrected chi connectivity index (χ1v) is 21.9. The molecule has 15 heteroatoms. The Morgan fingerprint density at radius 1 is 1.06 bits per heavy atom. The van der Waals surface area contributed by atoms with Crippen LogP contribution in [0.15, 0.2) is 65.7 Å². The Hall–Kier alpha value is -5.93. The van der Waals surface area contributed by atoms with Crippen LogP contribution < -0.4 is 16.9 Å².